The van der Waals surface area contributed by atoms with Crippen LogP contribution in [0.5, 0.6) is 0 Å². The summed E-state index contributed by atoms with van der Waals surface area (Å²) in [7, 11) is 0. The molecule has 0 spiro atoms. The Morgan fingerprint density at radius 1 is 1.18 bits per heavy atom. The summed E-state index contributed by atoms with van der Waals surface area (Å²) in [5.41, 5.74) is 1.47. The lowest BCUT2D eigenvalue weighted by Crippen LogP contribution is -2.24. The van der Waals surface area contributed by atoms with E-state index in [1.807, 2.05) is 0 Å². The van der Waals surface area contributed by atoms with Crippen LogP contribution in [-0.4, -0.2) is 24.1 Å². The maximum absolute atomic E-state index is 3.59. The highest BCUT2D eigenvalue weighted by molar-refractivity contribution is 8.00. The second-order valence-electron chi connectivity index (χ2n) is 4.78. The SMILES string of the molecule is c1ccc(CCCCNCC2CCCS2)cc1. The Kier molecular flexibility index (Phi) is 5.94. The first-order valence-corrected chi connectivity index (χ1v) is 7.86. The van der Waals surface area contributed by atoms with Gasteiger partial charge in [0.05, 0.1) is 0 Å². The zero-order valence-electron chi connectivity index (χ0n) is 10.5. The van der Waals surface area contributed by atoms with Gasteiger partial charge in [0.1, 0.15) is 0 Å². The van der Waals surface area contributed by atoms with E-state index in [4.69, 9.17) is 0 Å². The number of unbranched alkanes of at least 4 members (excludes halogenated alkanes) is 1. The summed E-state index contributed by atoms with van der Waals surface area (Å²) in [4.78, 5) is 0. The number of benzene rings is 1. The molecule has 0 aliphatic carbocycles. The molecule has 1 aromatic carbocycles. The minimum Gasteiger partial charge on any atom is -0.316 e. The van der Waals surface area contributed by atoms with Gasteiger partial charge in [0.25, 0.3) is 0 Å². The maximum atomic E-state index is 3.59. The molecule has 0 bridgehead atoms. The summed E-state index contributed by atoms with van der Waals surface area (Å²) < 4.78 is 0. The van der Waals surface area contributed by atoms with Crippen LogP contribution in [0.2, 0.25) is 0 Å². The van der Waals surface area contributed by atoms with Crippen LogP contribution in [0.25, 0.3) is 0 Å². The molecule has 0 saturated carbocycles. The van der Waals surface area contributed by atoms with E-state index in [1.165, 1.54) is 56.5 Å². The number of thioether (sulfide) groups is 1. The second kappa shape index (κ2) is 7.78. The first-order valence-electron chi connectivity index (χ1n) is 6.81. The van der Waals surface area contributed by atoms with Crippen LogP contribution >= 0.6 is 11.8 Å². The molecule has 94 valence electrons. The van der Waals surface area contributed by atoms with Crippen molar-refractivity contribution in [2.75, 3.05) is 18.8 Å². The molecule has 1 aromatic rings. The van der Waals surface area contributed by atoms with Crippen LogP contribution in [0.4, 0.5) is 0 Å². The first kappa shape index (κ1) is 13.0. The van der Waals surface area contributed by atoms with E-state index in [0.29, 0.717) is 0 Å². The molecule has 1 atom stereocenters. The van der Waals surface area contributed by atoms with Crippen LogP contribution in [0.1, 0.15) is 31.2 Å². The molecule has 1 aliphatic heterocycles. The van der Waals surface area contributed by atoms with Gasteiger partial charge in [0, 0.05) is 11.8 Å². The minimum absolute atomic E-state index is 0.893. The van der Waals surface area contributed by atoms with Gasteiger partial charge in [-0.15, -0.1) is 0 Å². The number of aryl methyl sites for hydroxylation is 1. The summed E-state index contributed by atoms with van der Waals surface area (Å²) in [5, 5.41) is 4.49. The van der Waals surface area contributed by atoms with E-state index in [-0.39, 0.29) is 0 Å². The van der Waals surface area contributed by atoms with Gasteiger partial charge < -0.3 is 5.32 Å². The molecule has 2 heteroatoms. The van der Waals surface area contributed by atoms with Crippen molar-refractivity contribution in [3.05, 3.63) is 35.9 Å². The standard InChI is InChI=1S/C15H23NS/c1-2-7-14(8-3-1)9-4-5-11-16-13-15-10-6-12-17-15/h1-3,7-8,15-16H,4-6,9-13H2. The Bertz CT molecular complexity index is 293. The van der Waals surface area contributed by atoms with Crippen molar-refractivity contribution in [2.45, 2.75) is 37.4 Å². The lowest BCUT2D eigenvalue weighted by atomic mass is 10.1. The average molecular weight is 249 g/mol. The molecular weight excluding hydrogens is 226 g/mol. The maximum Gasteiger partial charge on any atom is 0.0172 e. The third-order valence-electron chi connectivity index (χ3n) is 3.31. The number of hydrogen-bond donors (Lipinski definition) is 1. The van der Waals surface area contributed by atoms with Gasteiger partial charge in [-0.25, -0.2) is 0 Å². The predicted molar refractivity (Wildman–Crippen MR) is 77.7 cm³/mol. The Morgan fingerprint density at radius 3 is 2.82 bits per heavy atom. The molecule has 1 unspecified atom stereocenters. The van der Waals surface area contributed by atoms with Gasteiger partial charge >= 0.3 is 0 Å². The fraction of sp³-hybridized carbons (Fsp3) is 0.600. The van der Waals surface area contributed by atoms with E-state index in [2.05, 4.69) is 47.4 Å². The van der Waals surface area contributed by atoms with Gasteiger partial charge in [-0.1, -0.05) is 30.3 Å². The van der Waals surface area contributed by atoms with Gasteiger partial charge in [-0.2, -0.15) is 11.8 Å². The van der Waals surface area contributed by atoms with Crippen LogP contribution in [0.3, 0.4) is 0 Å². The second-order valence-corrected chi connectivity index (χ2v) is 6.19. The Hall–Kier alpha value is -0.470. The fourth-order valence-corrected chi connectivity index (χ4v) is 3.53. The lowest BCUT2D eigenvalue weighted by Gasteiger charge is -2.09. The van der Waals surface area contributed by atoms with E-state index in [9.17, 15) is 0 Å². The van der Waals surface area contributed by atoms with Gasteiger partial charge in [-0.3, -0.25) is 0 Å². The van der Waals surface area contributed by atoms with Crippen molar-refractivity contribution in [3.63, 3.8) is 0 Å². The van der Waals surface area contributed by atoms with Crippen LogP contribution < -0.4 is 5.32 Å². The number of rotatable bonds is 7. The Labute approximate surface area is 109 Å². The largest absolute Gasteiger partial charge is 0.316 e. The quantitative estimate of drug-likeness (QED) is 0.742. The highest BCUT2D eigenvalue weighted by Crippen LogP contribution is 2.25. The molecule has 1 saturated heterocycles. The molecule has 1 nitrogen and oxygen atoms in total. The molecule has 2 rings (SSSR count). The number of nitrogens with one attached hydrogen (secondary N) is 1. The normalized spacial score (nSPS) is 19.6. The minimum atomic E-state index is 0.893. The topological polar surface area (TPSA) is 12.0 Å². The summed E-state index contributed by atoms with van der Waals surface area (Å²) in [6, 6.07) is 10.8. The van der Waals surface area contributed by atoms with Gasteiger partial charge in [-0.05, 0) is 50.0 Å². The molecule has 1 aliphatic rings. The molecule has 1 N–H and O–H groups in total. The Balaban J connectivity index is 1.46. The van der Waals surface area contributed by atoms with E-state index < -0.39 is 0 Å². The molecule has 0 radical (unpaired) electrons. The lowest BCUT2D eigenvalue weighted by molar-refractivity contribution is 0.603. The fourth-order valence-electron chi connectivity index (χ4n) is 2.29. The van der Waals surface area contributed by atoms with Gasteiger partial charge in [0.2, 0.25) is 0 Å². The third-order valence-corrected chi connectivity index (χ3v) is 4.71. The highest BCUT2D eigenvalue weighted by Gasteiger charge is 2.14. The molecule has 1 fully saturated rings. The van der Waals surface area contributed by atoms with E-state index in [0.717, 1.165) is 5.25 Å². The van der Waals surface area contributed by atoms with E-state index in [1.54, 1.807) is 0 Å². The summed E-state index contributed by atoms with van der Waals surface area (Å²) >= 11 is 2.14. The monoisotopic (exact) mass is 249 g/mol. The van der Waals surface area contributed by atoms with Crippen LogP contribution in [-0.2, 0) is 6.42 Å². The zero-order valence-corrected chi connectivity index (χ0v) is 11.3. The molecule has 0 aromatic heterocycles. The van der Waals surface area contributed by atoms with Crippen LogP contribution in [0.15, 0.2) is 30.3 Å². The van der Waals surface area contributed by atoms with Crippen molar-refractivity contribution in [2.24, 2.45) is 0 Å². The Morgan fingerprint density at radius 2 is 2.06 bits per heavy atom. The van der Waals surface area contributed by atoms with Crippen molar-refractivity contribution < 1.29 is 0 Å². The first-order chi connectivity index (χ1) is 8.45. The third kappa shape index (κ3) is 5.13. The summed E-state index contributed by atoms with van der Waals surface area (Å²) in [5.74, 6) is 1.38. The van der Waals surface area contributed by atoms with Crippen molar-refractivity contribution in [3.8, 4) is 0 Å². The van der Waals surface area contributed by atoms with E-state index >= 15 is 0 Å². The molecule has 0 amide bonds. The van der Waals surface area contributed by atoms with Gasteiger partial charge in [0.15, 0.2) is 0 Å². The highest BCUT2D eigenvalue weighted by atomic mass is 32.2. The average Bonchev–Trinajstić information content (AvgIpc) is 2.88. The zero-order chi connectivity index (χ0) is 11.8. The smallest absolute Gasteiger partial charge is 0.0172 e. The van der Waals surface area contributed by atoms with Crippen molar-refractivity contribution in [1.82, 2.24) is 5.32 Å². The van der Waals surface area contributed by atoms with Crippen molar-refractivity contribution >= 4 is 11.8 Å². The summed E-state index contributed by atoms with van der Waals surface area (Å²) in [6.07, 6.45) is 6.66. The molecule has 17 heavy (non-hydrogen) atoms. The predicted octanol–water partition coefficient (Wildman–Crippen LogP) is 3.49. The van der Waals surface area contributed by atoms with Crippen LogP contribution in [0, 0.1) is 0 Å². The molecular formula is C15H23NS. The molecule has 1 heterocycles. The number of hydrogen-bond acceptors (Lipinski definition) is 2. The van der Waals surface area contributed by atoms with Crippen molar-refractivity contribution in [1.29, 1.82) is 0 Å². The summed E-state index contributed by atoms with van der Waals surface area (Å²) in [6.45, 7) is 2.40.